The second-order valence-corrected chi connectivity index (χ2v) is 7.85. The van der Waals surface area contributed by atoms with Gasteiger partial charge in [-0.25, -0.2) is 9.59 Å². The van der Waals surface area contributed by atoms with Crippen LogP contribution >= 0.6 is 0 Å². The van der Waals surface area contributed by atoms with Crippen LogP contribution in [0.4, 0.5) is 4.79 Å². The number of hydrogen-bond donors (Lipinski definition) is 2. The van der Waals surface area contributed by atoms with Crippen LogP contribution in [0.15, 0.2) is 24.3 Å². The first kappa shape index (κ1) is 22.2. The van der Waals surface area contributed by atoms with Crippen molar-refractivity contribution in [3.8, 4) is 0 Å². The Morgan fingerprint density at radius 2 is 1.83 bits per heavy atom. The predicted molar refractivity (Wildman–Crippen MR) is 103 cm³/mol. The average Bonchev–Trinajstić information content (AvgIpc) is 2.63. The molecule has 2 rings (SSSR count). The van der Waals surface area contributed by atoms with Crippen molar-refractivity contribution in [2.45, 2.75) is 57.8 Å². The van der Waals surface area contributed by atoms with Gasteiger partial charge in [-0.3, -0.25) is 9.59 Å². The Kier molecular flexibility index (Phi) is 6.84. The molecule has 3 amide bonds. The van der Waals surface area contributed by atoms with Crippen molar-refractivity contribution in [2.75, 3.05) is 7.11 Å². The van der Waals surface area contributed by atoms with E-state index in [0.717, 1.165) is 11.1 Å². The Balaban J connectivity index is 2.30. The average molecular weight is 405 g/mol. The monoisotopic (exact) mass is 405 g/mol. The molecule has 0 aromatic heterocycles. The van der Waals surface area contributed by atoms with Crippen molar-refractivity contribution < 1.29 is 28.7 Å². The number of esters is 1. The second kappa shape index (κ2) is 8.93. The lowest BCUT2D eigenvalue weighted by Crippen LogP contribution is -2.57. The number of nitrogens with two attached hydrogens (primary N) is 1. The molecule has 0 bridgehead atoms. The number of nitrogens with zero attached hydrogens (tertiary/aromatic N) is 1. The molecule has 0 saturated heterocycles. The predicted octanol–water partition coefficient (Wildman–Crippen LogP) is 0.882. The van der Waals surface area contributed by atoms with Gasteiger partial charge in [0.15, 0.2) is 0 Å². The first-order valence-electron chi connectivity index (χ1n) is 9.24. The summed E-state index contributed by atoms with van der Waals surface area (Å²) < 4.78 is 10.0. The van der Waals surface area contributed by atoms with Crippen molar-refractivity contribution in [2.24, 2.45) is 5.73 Å². The van der Waals surface area contributed by atoms with E-state index in [2.05, 4.69) is 5.32 Å². The van der Waals surface area contributed by atoms with Crippen LogP contribution in [0.2, 0.25) is 0 Å². The molecular weight excluding hydrogens is 378 g/mol. The summed E-state index contributed by atoms with van der Waals surface area (Å²) in [7, 11) is 1.24. The summed E-state index contributed by atoms with van der Waals surface area (Å²) in [5.41, 5.74) is 6.28. The second-order valence-electron chi connectivity index (χ2n) is 7.85. The van der Waals surface area contributed by atoms with E-state index in [9.17, 15) is 19.2 Å². The number of hydrogen-bond acceptors (Lipinski definition) is 6. The number of primary amides is 1. The Labute approximate surface area is 169 Å². The molecule has 0 radical (unpaired) electrons. The number of carbonyl (C=O) groups excluding carboxylic acids is 4. The molecule has 9 nitrogen and oxygen atoms in total. The lowest BCUT2D eigenvalue weighted by atomic mass is 9.93. The van der Waals surface area contributed by atoms with Gasteiger partial charge in [-0.05, 0) is 31.9 Å². The summed E-state index contributed by atoms with van der Waals surface area (Å²) in [6.45, 7) is 5.16. The summed E-state index contributed by atoms with van der Waals surface area (Å²) >= 11 is 0. The smallest absolute Gasteiger partial charge is 0.408 e. The maximum absolute atomic E-state index is 13.2. The van der Waals surface area contributed by atoms with Gasteiger partial charge in [-0.15, -0.1) is 0 Å². The number of amides is 3. The number of alkyl carbamates (subject to hydrolysis) is 1. The number of fused-ring (bicyclic) bond motifs is 1. The van der Waals surface area contributed by atoms with Crippen molar-refractivity contribution in [1.82, 2.24) is 10.2 Å². The van der Waals surface area contributed by atoms with Crippen LogP contribution in [0, 0.1) is 0 Å². The first-order chi connectivity index (χ1) is 13.5. The fourth-order valence-electron chi connectivity index (χ4n) is 3.15. The van der Waals surface area contributed by atoms with Crippen molar-refractivity contribution >= 4 is 23.9 Å². The summed E-state index contributed by atoms with van der Waals surface area (Å²) in [6, 6.07) is 5.28. The third-order valence-electron chi connectivity index (χ3n) is 4.40. The Hall–Kier alpha value is -3.10. The molecule has 9 heteroatoms. The molecule has 0 spiro atoms. The lowest BCUT2D eigenvalue weighted by Gasteiger charge is -2.37. The maximum atomic E-state index is 13.2. The standard InChI is InChI=1S/C20H27N3O6/c1-20(2,3)29-19(27)22-14(10-16(21)24)17(25)23-11-13-8-6-5-7-12(13)9-15(23)18(26)28-4/h5-8,14-15H,9-11H2,1-4H3,(H2,21,24)(H,22,27)/t14?,15-/m0/s1. The summed E-state index contributed by atoms with van der Waals surface area (Å²) in [5.74, 6) is -1.96. The molecule has 0 fully saturated rings. The van der Waals surface area contributed by atoms with E-state index in [1.54, 1.807) is 20.8 Å². The van der Waals surface area contributed by atoms with Crippen LogP contribution < -0.4 is 11.1 Å². The largest absolute Gasteiger partial charge is 0.467 e. The van der Waals surface area contributed by atoms with Gasteiger partial charge in [-0.2, -0.15) is 0 Å². The SMILES string of the molecule is COC(=O)[C@@H]1Cc2ccccc2CN1C(=O)C(CC(N)=O)NC(=O)OC(C)(C)C. The Bertz CT molecular complexity index is 802. The molecular formula is C20H27N3O6. The minimum Gasteiger partial charge on any atom is -0.467 e. The van der Waals surface area contributed by atoms with Crippen LogP contribution in [0.1, 0.15) is 38.3 Å². The molecule has 0 aliphatic carbocycles. The first-order valence-corrected chi connectivity index (χ1v) is 9.24. The van der Waals surface area contributed by atoms with Gasteiger partial charge in [0.05, 0.1) is 13.5 Å². The maximum Gasteiger partial charge on any atom is 0.408 e. The van der Waals surface area contributed by atoms with Gasteiger partial charge in [0.1, 0.15) is 17.7 Å². The zero-order valence-corrected chi connectivity index (χ0v) is 17.1. The number of rotatable bonds is 5. The number of carbonyl (C=O) groups is 4. The molecule has 29 heavy (non-hydrogen) atoms. The van der Waals surface area contributed by atoms with Gasteiger partial charge >= 0.3 is 12.1 Å². The van der Waals surface area contributed by atoms with Gasteiger partial charge in [0, 0.05) is 13.0 Å². The summed E-state index contributed by atoms with van der Waals surface area (Å²) in [5, 5.41) is 2.40. The van der Waals surface area contributed by atoms with Crippen LogP contribution in [0.5, 0.6) is 0 Å². The number of ether oxygens (including phenoxy) is 2. The fraction of sp³-hybridized carbons (Fsp3) is 0.500. The van der Waals surface area contributed by atoms with Crippen LogP contribution in [-0.2, 0) is 36.8 Å². The lowest BCUT2D eigenvalue weighted by molar-refractivity contribution is -0.155. The molecule has 1 aromatic rings. The molecule has 1 unspecified atom stereocenters. The van der Waals surface area contributed by atoms with Gasteiger partial charge < -0.3 is 25.4 Å². The number of methoxy groups -OCH3 is 1. The fourth-order valence-corrected chi connectivity index (χ4v) is 3.15. The molecule has 1 heterocycles. The van der Waals surface area contributed by atoms with Crippen molar-refractivity contribution in [1.29, 1.82) is 0 Å². The highest BCUT2D eigenvalue weighted by atomic mass is 16.6. The molecule has 1 aliphatic rings. The topological polar surface area (TPSA) is 128 Å². The third kappa shape index (κ3) is 5.94. The minimum absolute atomic E-state index is 0.139. The van der Waals surface area contributed by atoms with E-state index in [1.165, 1.54) is 12.0 Å². The summed E-state index contributed by atoms with van der Waals surface area (Å²) in [6.07, 6.45) is -1.02. The molecule has 0 saturated carbocycles. The highest BCUT2D eigenvalue weighted by molar-refractivity contribution is 5.93. The number of nitrogens with one attached hydrogen (secondary N) is 1. The van der Waals surface area contributed by atoms with E-state index in [1.807, 2.05) is 24.3 Å². The molecule has 1 aromatic carbocycles. The van der Waals surface area contributed by atoms with E-state index in [-0.39, 0.29) is 13.0 Å². The molecule has 3 N–H and O–H groups in total. The Morgan fingerprint density at radius 3 is 2.38 bits per heavy atom. The van der Waals surface area contributed by atoms with E-state index in [0.29, 0.717) is 0 Å². The Morgan fingerprint density at radius 1 is 1.21 bits per heavy atom. The zero-order chi connectivity index (χ0) is 21.8. The van der Waals surface area contributed by atoms with Gasteiger partial charge in [0.25, 0.3) is 0 Å². The molecule has 158 valence electrons. The molecule has 1 aliphatic heterocycles. The van der Waals surface area contributed by atoms with Gasteiger partial charge in [0.2, 0.25) is 11.8 Å². The third-order valence-corrected chi connectivity index (χ3v) is 4.40. The van der Waals surface area contributed by atoms with E-state index < -0.39 is 48.0 Å². The van der Waals surface area contributed by atoms with E-state index >= 15 is 0 Å². The highest BCUT2D eigenvalue weighted by Gasteiger charge is 2.39. The highest BCUT2D eigenvalue weighted by Crippen LogP contribution is 2.25. The normalized spacial score (nSPS) is 17.0. The van der Waals surface area contributed by atoms with E-state index in [4.69, 9.17) is 15.2 Å². The van der Waals surface area contributed by atoms with Crippen LogP contribution in [0.25, 0.3) is 0 Å². The minimum atomic E-state index is -1.26. The summed E-state index contributed by atoms with van der Waals surface area (Å²) in [4.78, 5) is 50.5. The molecule has 2 atom stereocenters. The number of benzene rings is 1. The van der Waals surface area contributed by atoms with Crippen LogP contribution in [0.3, 0.4) is 0 Å². The van der Waals surface area contributed by atoms with Crippen LogP contribution in [-0.4, -0.2) is 53.6 Å². The quantitative estimate of drug-likeness (QED) is 0.700. The van der Waals surface area contributed by atoms with Crippen molar-refractivity contribution in [3.63, 3.8) is 0 Å². The van der Waals surface area contributed by atoms with Crippen molar-refractivity contribution in [3.05, 3.63) is 35.4 Å². The van der Waals surface area contributed by atoms with Gasteiger partial charge in [-0.1, -0.05) is 24.3 Å². The zero-order valence-electron chi connectivity index (χ0n) is 17.1.